The summed E-state index contributed by atoms with van der Waals surface area (Å²) in [6, 6.07) is 4.52. The third kappa shape index (κ3) is 7.76. The van der Waals surface area contributed by atoms with E-state index in [1.807, 2.05) is 0 Å². The lowest BCUT2D eigenvalue weighted by Crippen LogP contribution is -2.35. The third-order valence-corrected chi connectivity index (χ3v) is 2.38. The van der Waals surface area contributed by atoms with Crippen molar-refractivity contribution in [2.75, 3.05) is 19.7 Å². The second kappa shape index (κ2) is 6.99. The average molecular weight is 317 g/mol. The van der Waals surface area contributed by atoms with Crippen LogP contribution in [-0.2, 0) is 6.54 Å². The minimum atomic E-state index is -4.82. The summed E-state index contributed by atoms with van der Waals surface area (Å²) in [5.41, 5.74) is 0.377. The molecule has 9 heteroatoms. The highest BCUT2D eigenvalue weighted by Crippen LogP contribution is 2.23. The Hall–Kier alpha value is -1.48. The minimum absolute atomic E-state index is 0.146. The van der Waals surface area contributed by atoms with Crippen molar-refractivity contribution >= 4 is 0 Å². The van der Waals surface area contributed by atoms with Crippen molar-refractivity contribution in [1.82, 2.24) is 4.90 Å². The predicted octanol–water partition coefficient (Wildman–Crippen LogP) is 2.94. The molecular weight excluding hydrogens is 304 g/mol. The number of alkyl halides is 6. The summed E-state index contributed by atoms with van der Waals surface area (Å²) in [5.74, 6) is -0.448. The van der Waals surface area contributed by atoms with Gasteiger partial charge in [0.05, 0.1) is 13.2 Å². The van der Waals surface area contributed by atoms with Crippen LogP contribution in [0.5, 0.6) is 5.75 Å². The number of aliphatic hydroxyl groups excluding tert-OH is 1. The summed E-state index contributed by atoms with van der Waals surface area (Å²) in [5, 5.41) is 8.73. The zero-order chi connectivity index (χ0) is 16.1. The highest BCUT2D eigenvalue weighted by molar-refractivity contribution is 5.27. The lowest BCUT2D eigenvalue weighted by molar-refractivity contribution is -0.274. The van der Waals surface area contributed by atoms with E-state index in [-0.39, 0.29) is 13.1 Å². The number of aliphatic hydroxyl groups is 1. The van der Waals surface area contributed by atoms with Crippen LogP contribution in [-0.4, -0.2) is 42.2 Å². The Morgan fingerprint density at radius 2 is 1.57 bits per heavy atom. The van der Waals surface area contributed by atoms with Crippen LogP contribution >= 0.6 is 0 Å². The maximum Gasteiger partial charge on any atom is 0.573 e. The highest BCUT2D eigenvalue weighted by atomic mass is 19.4. The van der Waals surface area contributed by atoms with E-state index < -0.39 is 31.4 Å². The number of hydrogen-bond donors (Lipinski definition) is 1. The summed E-state index contributed by atoms with van der Waals surface area (Å²) >= 11 is 0. The van der Waals surface area contributed by atoms with Crippen molar-refractivity contribution in [2.45, 2.75) is 19.1 Å². The van der Waals surface area contributed by atoms with Gasteiger partial charge in [-0.3, -0.25) is 4.90 Å². The van der Waals surface area contributed by atoms with Crippen molar-refractivity contribution in [1.29, 1.82) is 0 Å². The third-order valence-electron chi connectivity index (χ3n) is 2.38. The van der Waals surface area contributed by atoms with Crippen molar-refractivity contribution in [3.8, 4) is 5.75 Å². The SMILES string of the molecule is OCCN(Cc1ccc(OC(F)(F)F)cc1)CC(F)(F)F. The fourth-order valence-corrected chi connectivity index (χ4v) is 1.66. The zero-order valence-electron chi connectivity index (χ0n) is 10.7. The lowest BCUT2D eigenvalue weighted by Gasteiger charge is -2.22. The van der Waals surface area contributed by atoms with Crippen LogP contribution in [0.4, 0.5) is 26.3 Å². The van der Waals surface area contributed by atoms with E-state index in [0.29, 0.717) is 5.56 Å². The van der Waals surface area contributed by atoms with Gasteiger partial charge in [-0.2, -0.15) is 13.2 Å². The summed E-state index contributed by atoms with van der Waals surface area (Å²) in [6.07, 6.45) is -9.24. The van der Waals surface area contributed by atoms with E-state index in [1.54, 1.807) is 0 Å². The first-order valence-electron chi connectivity index (χ1n) is 5.84. The van der Waals surface area contributed by atoms with Crippen LogP contribution in [0.3, 0.4) is 0 Å². The van der Waals surface area contributed by atoms with Gasteiger partial charge in [0.15, 0.2) is 0 Å². The molecule has 21 heavy (non-hydrogen) atoms. The van der Waals surface area contributed by atoms with E-state index in [4.69, 9.17) is 5.11 Å². The van der Waals surface area contributed by atoms with Crippen LogP contribution in [0.1, 0.15) is 5.56 Å². The molecule has 0 spiro atoms. The monoisotopic (exact) mass is 317 g/mol. The molecule has 0 aliphatic rings. The maximum atomic E-state index is 12.3. The average Bonchev–Trinajstić information content (AvgIpc) is 2.28. The Balaban J connectivity index is 2.67. The molecule has 1 aromatic rings. The first-order chi connectivity index (χ1) is 9.59. The van der Waals surface area contributed by atoms with Crippen molar-refractivity contribution < 1.29 is 36.2 Å². The Morgan fingerprint density at radius 1 is 1.00 bits per heavy atom. The molecule has 120 valence electrons. The van der Waals surface area contributed by atoms with Crippen LogP contribution in [0.2, 0.25) is 0 Å². The van der Waals surface area contributed by atoms with Gasteiger partial charge in [-0.25, -0.2) is 0 Å². The summed E-state index contributed by atoms with van der Waals surface area (Å²) in [6.45, 7) is -2.01. The molecule has 0 unspecified atom stereocenters. The van der Waals surface area contributed by atoms with Crippen molar-refractivity contribution in [2.24, 2.45) is 0 Å². The smallest absolute Gasteiger partial charge is 0.406 e. The normalized spacial score (nSPS) is 12.8. The summed E-state index contributed by atoms with van der Waals surface area (Å²) < 4.78 is 76.5. The van der Waals surface area contributed by atoms with Crippen LogP contribution in [0.25, 0.3) is 0 Å². The lowest BCUT2D eigenvalue weighted by atomic mass is 10.2. The van der Waals surface area contributed by atoms with Crippen molar-refractivity contribution in [3.05, 3.63) is 29.8 Å². The molecule has 0 atom stereocenters. The molecule has 0 aliphatic heterocycles. The highest BCUT2D eigenvalue weighted by Gasteiger charge is 2.31. The molecule has 0 saturated heterocycles. The van der Waals surface area contributed by atoms with E-state index >= 15 is 0 Å². The number of benzene rings is 1. The Labute approximate surface area is 116 Å². The molecule has 1 rings (SSSR count). The Morgan fingerprint density at radius 3 is 2.00 bits per heavy atom. The van der Waals surface area contributed by atoms with Crippen LogP contribution in [0.15, 0.2) is 24.3 Å². The van der Waals surface area contributed by atoms with Crippen molar-refractivity contribution in [3.63, 3.8) is 0 Å². The predicted molar refractivity (Wildman–Crippen MR) is 61.5 cm³/mol. The zero-order valence-corrected chi connectivity index (χ0v) is 10.7. The molecular formula is C12H13F6NO2. The molecule has 0 bridgehead atoms. The number of nitrogens with zero attached hydrogens (tertiary/aromatic N) is 1. The van der Waals surface area contributed by atoms with E-state index in [2.05, 4.69) is 4.74 Å². The van der Waals surface area contributed by atoms with Gasteiger partial charge >= 0.3 is 12.5 Å². The molecule has 0 heterocycles. The fraction of sp³-hybridized carbons (Fsp3) is 0.500. The topological polar surface area (TPSA) is 32.7 Å². The second-order valence-electron chi connectivity index (χ2n) is 4.24. The molecule has 0 aliphatic carbocycles. The number of hydrogen-bond acceptors (Lipinski definition) is 3. The van der Waals surface area contributed by atoms with Gasteiger partial charge < -0.3 is 9.84 Å². The molecule has 1 N–H and O–H groups in total. The molecule has 0 saturated carbocycles. The fourth-order valence-electron chi connectivity index (χ4n) is 1.66. The summed E-state index contributed by atoms with van der Waals surface area (Å²) in [7, 11) is 0. The first kappa shape index (κ1) is 17.6. The number of ether oxygens (including phenoxy) is 1. The van der Waals surface area contributed by atoms with Gasteiger partial charge in [-0.05, 0) is 17.7 Å². The molecule has 0 radical (unpaired) electrons. The van der Waals surface area contributed by atoms with Crippen LogP contribution < -0.4 is 4.74 Å². The molecule has 3 nitrogen and oxygen atoms in total. The molecule has 0 fully saturated rings. The second-order valence-corrected chi connectivity index (χ2v) is 4.24. The standard InChI is InChI=1S/C12H13F6NO2/c13-11(14,15)8-19(5-6-20)7-9-1-3-10(4-2-9)21-12(16,17)18/h1-4,20H,5-8H2. The van der Waals surface area contributed by atoms with Gasteiger partial charge in [-0.1, -0.05) is 12.1 Å². The van der Waals surface area contributed by atoms with E-state index in [9.17, 15) is 26.3 Å². The molecule has 1 aromatic carbocycles. The van der Waals surface area contributed by atoms with E-state index in [0.717, 1.165) is 17.0 Å². The number of halogens is 6. The first-order valence-corrected chi connectivity index (χ1v) is 5.84. The quantitative estimate of drug-likeness (QED) is 0.819. The Bertz CT molecular complexity index is 429. The van der Waals surface area contributed by atoms with Gasteiger partial charge in [0.2, 0.25) is 0 Å². The summed E-state index contributed by atoms with van der Waals surface area (Å²) in [4.78, 5) is 0.944. The van der Waals surface area contributed by atoms with Gasteiger partial charge in [-0.15, -0.1) is 13.2 Å². The largest absolute Gasteiger partial charge is 0.573 e. The molecule has 0 amide bonds. The minimum Gasteiger partial charge on any atom is -0.406 e. The van der Waals surface area contributed by atoms with Crippen LogP contribution in [0, 0.1) is 0 Å². The van der Waals surface area contributed by atoms with E-state index in [1.165, 1.54) is 12.1 Å². The Kier molecular flexibility index (Phi) is 5.85. The van der Waals surface area contributed by atoms with Gasteiger partial charge in [0, 0.05) is 13.1 Å². The molecule has 0 aromatic heterocycles. The van der Waals surface area contributed by atoms with Gasteiger partial charge in [0.1, 0.15) is 5.75 Å². The maximum absolute atomic E-state index is 12.3. The van der Waals surface area contributed by atoms with Gasteiger partial charge in [0.25, 0.3) is 0 Å². The number of rotatable bonds is 6.